The Morgan fingerprint density at radius 3 is 2.32 bits per heavy atom. The number of rotatable bonds is 8. The standard InChI is InChI=1S/C26H26N4O4/c1-3-4-9-22-21(24(31)32)15-10-16(2)26(22,25(33)34)18-13-11-17(12-14-18)19-7-5-6-8-20(19)23-27-29-30-28-23/h5-8,10-15,22H,3-4,9H2,1-2H3,(H,31,32)(H,33,34)(H,27,28,29,30). The first-order chi connectivity index (χ1) is 16.4. The number of hydrogen-bond acceptors (Lipinski definition) is 5. The number of carboxylic acid groups (broad SMARTS) is 2. The smallest absolute Gasteiger partial charge is 0.331 e. The minimum atomic E-state index is -1.45. The van der Waals surface area contributed by atoms with Crippen LogP contribution in [-0.4, -0.2) is 42.8 Å². The van der Waals surface area contributed by atoms with Gasteiger partial charge < -0.3 is 10.2 Å². The van der Waals surface area contributed by atoms with E-state index in [1.807, 2.05) is 43.3 Å². The molecule has 0 spiro atoms. The number of hydrogen-bond donors (Lipinski definition) is 3. The van der Waals surface area contributed by atoms with Crippen molar-refractivity contribution in [2.75, 3.05) is 0 Å². The van der Waals surface area contributed by atoms with E-state index in [4.69, 9.17) is 0 Å². The average Bonchev–Trinajstić information content (AvgIpc) is 3.37. The summed E-state index contributed by atoms with van der Waals surface area (Å²) in [5.41, 5.74) is 2.39. The van der Waals surface area contributed by atoms with Gasteiger partial charge >= 0.3 is 11.9 Å². The Kier molecular flexibility index (Phi) is 6.40. The molecule has 1 heterocycles. The molecule has 1 aromatic heterocycles. The van der Waals surface area contributed by atoms with Crippen molar-refractivity contribution in [2.24, 2.45) is 5.92 Å². The first-order valence-corrected chi connectivity index (χ1v) is 11.2. The van der Waals surface area contributed by atoms with E-state index in [0.717, 1.165) is 29.5 Å². The Hall–Kier alpha value is -4.07. The first kappa shape index (κ1) is 23.1. The monoisotopic (exact) mass is 458 g/mol. The van der Waals surface area contributed by atoms with Crippen LogP contribution in [-0.2, 0) is 15.0 Å². The van der Waals surface area contributed by atoms with Crippen molar-refractivity contribution in [1.82, 2.24) is 20.6 Å². The van der Waals surface area contributed by atoms with E-state index in [2.05, 4.69) is 20.6 Å². The molecule has 0 radical (unpaired) electrons. The van der Waals surface area contributed by atoms with Gasteiger partial charge in [-0.05, 0) is 35.2 Å². The lowest BCUT2D eigenvalue weighted by Gasteiger charge is -2.41. The predicted molar refractivity (Wildman–Crippen MR) is 127 cm³/mol. The molecule has 2 atom stereocenters. The zero-order valence-corrected chi connectivity index (χ0v) is 19.0. The van der Waals surface area contributed by atoms with Gasteiger partial charge in [-0.1, -0.05) is 86.0 Å². The largest absolute Gasteiger partial charge is 0.480 e. The second-order valence-corrected chi connectivity index (χ2v) is 8.44. The van der Waals surface area contributed by atoms with E-state index in [9.17, 15) is 19.8 Å². The molecule has 34 heavy (non-hydrogen) atoms. The molecule has 0 saturated heterocycles. The second kappa shape index (κ2) is 9.43. The third kappa shape index (κ3) is 3.81. The van der Waals surface area contributed by atoms with Gasteiger partial charge in [-0.15, -0.1) is 10.2 Å². The zero-order valence-electron chi connectivity index (χ0n) is 19.0. The fourth-order valence-electron chi connectivity index (χ4n) is 4.96. The summed E-state index contributed by atoms with van der Waals surface area (Å²) in [6, 6.07) is 14.9. The lowest BCUT2D eigenvalue weighted by Crippen LogP contribution is -2.47. The Morgan fingerprint density at radius 1 is 1.03 bits per heavy atom. The Morgan fingerprint density at radius 2 is 1.74 bits per heavy atom. The molecule has 3 N–H and O–H groups in total. The van der Waals surface area contributed by atoms with E-state index in [0.29, 0.717) is 23.4 Å². The molecule has 1 aliphatic carbocycles. The van der Waals surface area contributed by atoms with Gasteiger partial charge in [0.15, 0.2) is 0 Å². The molecular formula is C26H26N4O4. The van der Waals surface area contributed by atoms with E-state index >= 15 is 0 Å². The fourth-order valence-corrected chi connectivity index (χ4v) is 4.96. The molecule has 8 heteroatoms. The highest BCUT2D eigenvalue weighted by Crippen LogP contribution is 2.48. The third-order valence-electron chi connectivity index (χ3n) is 6.63. The van der Waals surface area contributed by atoms with Gasteiger partial charge in [-0.2, -0.15) is 5.21 Å². The van der Waals surface area contributed by atoms with E-state index < -0.39 is 23.3 Å². The summed E-state index contributed by atoms with van der Waals surface area (Å²) in [7, 11) is 0. The van der Waals surface area contributed by atoms with E-state index in [1.165, 1.54) is 0 Å². The van der Waals surface area contributed by atoms with Crippen molar-refractivity contribution < 1.29 is 19.8 Å². The summed E-state index contributed by atoms with van der Waals surface area (Å²) in [6.07, 6.45) is 5.21. The minimum Gasteiger partial charge on any atom is -0.480 e. The number of unbranched alkanes of at least 4 members (excludes halogenated alkanes) is 1. The molecule has 174 valence electrons. The Balaban J connectivity index is 1.83. The molecule has 0 amide bonds. The van der Waals surface area contributed by atoms with Gasteiger partial charge in [0.05, 0.1) is 0 Å². The van der Waals surface area contributed by atoms with Gasteiger partial charge in [-0.25, -0.2) is 4.79 Å². The predicted octanol–water partition coefficient (Wildman–Crippen LogP) is 4.63. The first-order valence-electron chi connectivity index (χ1n) is 11.2. The van der Waals surface area contributed by atoms with Crippen LogP contribution in [0.4, 0.5) is 0 Å². The summed E-state index contributed by atoms with van der Waals surface area (Å²) < 4.78 is 0. The van der Waals surface area contributed by atoms with Crippen LogP contribution in [0, 0.1) is 5.92 Å². The van der Waals surface area contributed by atoms with Crippen molar-refractivity contribution >= 4 is 11.9 Å². The molecule has 1 aliphatic rings. The van der Waals surface area contributed by atoms with Crippen molar-refractivity contribution in [3.8, 4) is 22.5 Å². The number of H-pyrrole nitrogens is 1. The highest BCUT2D eigenvalue weighted by atomic mass is 16.4. The number of aromatic amines is 1. The Labute approximate surface area is 197 Å². The highest BCUT2D eigenvalue weighted by Gasteiger charge is 2.52. The van der Waals surface area contributed by atoms with Gasteiger partial charge in [0, 0.05) is 17.1 Å². The third-order valence-corrected chi connectivity index (χ3v) is 6.63. The number of aliphatic carboxylic acids is 2. The van der Waals surface area contributed by atoms with Crippen LogP contribution in [0.25, 0.3) is 22.5 Å². The molecule has 2 unspecified atom stereocenters. The highest BCUT2D eigenvalue weighted by molar-refractivity contribution is 5.95. The van der Waals surface area contributed by atoms with Crippen LogP contribution >= 0.6 is 0 Å². The summed E-state index contributed by atoms with van der Waals surface area (Å²) in [6.45, 7) is 3.77. The van der Waals surface area contributed by atoms with Crippen LogP contribution in [0.2, 0.25) is 0 Å². The lowest BCUT2D eigenvalue weighted by atomic mass is 9.59. The van der Waals surface area contributed by atoms with Gasteiger partial charge in [0.1, 0.15) is 5.41 Å². The maximum absolute atomic E-state index is 12.9. The SMILES string of the molecule is CCCCC1C(C(=O)O)=CC=C(C)C1(C(=O)O)c1ccc(-c2ccccc2-c2nn[nH]n2)cc1. The van der Waals surface area contributed by atoms with Gasteiger partial charge in [0.25, 0.3) is 0 Å². The molecule has 2 aromatic carbocycles. The number of aromatic nitrogens is 4. The number of nitrogens with one attached hydrogen (secondary N) is 1. The number of benzene rings is 2. The van der Waals surface area contributed by atoms with Gasteiger partial charge in [0.2, 0.25) is 5.82 Å². The molecular weight excluding hydrogens is 432 g/mol. The van der Waals surface area contributed by atoms with Crippen LogP contribution < -0.4 is 0 Å². The summed E-state index contributed by atoms with van der Waals surface area (Å²) in [5.74, 6) is -2.34. The molecule has 0 bridgehead atoms. The van der Waals surface area contributed by atoms with Crippen LogP contribution in [0.3, 0.4) is 0 Å². The van der Waals surface area contributed by atoms with Crippen molar-refractivity contribution in [3.63, 3.8) is 0 Å². The Bertz CT molecular complexity index is 1260. The van der Waals surface area contributed by atoms with Crippen molar-refractivity contribution in [3.05, 3.63) is 77.4 Å². The molecule has 0 aliphatic heterocycles. The second-order valence-electron chi connectivity index (χ2n) is 8.44. The van der Waals surface area contributed by atoms with Gasteiger partial charge in [-0.3, -0.25) is 4.79 Å². The molecule has 3 aromatic rings. The summed E-state index contributed by atoms with van der Waals surface area (Å²) in [5, 5.41) is 34.7. The molecule has 4 rings (SSSR count). The van der Waals surface area contributed by atoms with Crippen molar-refractivity contribution in [2.45, 2.75) is 38.5 Å². The number of nitrogens with zero attached hydrogens (tertiary/aromatic N) is 3. The summed E-state index contributed by atoms with van der Waals surface area (Å²) in [4.78, 5) is 25.0. The van der Waals surface area contributed by atoms with Crippen molar-refractivity contribution in [1.29, 1.82) is 0 Å². The minimum absolute atomic E-state index is 0.132. The van der Waals surface area contributed by atoms with E-state index in [-0.39, 0.29) is 5.57 Å². The quantitative estimate of drug-likeness (QED) is 0.449. The number of allylic oxidation sites excluding steroid dienone is 2. The average molecular weight is 459 g/mol. The van der Waals surface area contributed by atoms with E-state index in [1.54, 1.807) is 31.2 Å². The van der Waals surface area contributed by atoms with Crippen LogP contribution in [0.1, 0.15) is 38.7 Å². The molecule has 0 saturated carbocycles. The fraction of sp³-hybridized carbons (Fsp3) is 0.269. The van der Waals surface area contributed by atoms with Crippen LogP contribution in [0.5, 0.6) is 0 Å². The number of carboxylic acids is 2. The lowest BCUT2D eigenvalue weighted by molar-refractivity contribution is -0.144. The number of carbonyl (C=O) groups is 2. The van der Waals surface area contributed by atoms with Crippen LogP contribution in [0.15, 0.2) is 71.8 Å². The molecule has 0 fully saturated rings. The molecule has 8 nitrogen and oxygen atoms in total. The normalized spacial score (nSPS) is 19.9. The maximum Gasteiger partial charge on any atom is 0.331 e. The number of tetrazole rings is 1. The topological polar surface area (TPSA) is 129 Å². The summed E-state index contributed by atoms with van der Waals surface area (Å²) >= 11 is 0. The maximum atomic E-state index is 12.9. The zero-order chi connectivity index (χ0) is 24.3.